The van der Waals surface area contributed by atoms with E-state index in [0.717, 1.165) is 0 Å². The Morgan fingerprint density at radius 1 is 0.458 bits per heavy atom. The van der Waals surface area contributed by atoms with Crippen molar-refractivity contribution in [3.63, 3.8) is 0 Å². The van der Waals surface area contributed by atoms with Crippen molar-refractivity contribution < 1.29 is 0 Å². The second kappa shape index (κ2) is 12.1. The van der Waals surface area contributed by atoms with Crippen LogP contribution in [0.1, 0.15) is 0 Å². The highest BCUT2D eigenvalue weighted by Gasteiger charge is 2.41. The lowest BCUT2D eigenvalue weighted by Crippen LogP contribution is -2.77. The van der Waals surface area contributed by atoms with Crippen LogP contribution in [0.5, 0.6) is 0 Å². The zero-order valence-electron chi connectivity index (χ0n) is 13.9. The Morgan fingerprint density at radius 3 is 1.04 bits per heavy atom. The highest BCUT2D eigenvalue weighted by atomic mass is 13.2. The van der Waals surface area contributed by atoms with Crippen molar-refractivity contribution in [2.75, 3.05) is 0 Å². The lowest BCUT2D eigenvalue weighted by Gasteiger charge is -2.39. The molecule has 24 heteroatoms. The summed E-state index contributed by atoms with van der Waals surface area (Å²) in [5.41, 5.74) is 0. The summed E-state index contributed by atoms with van der Waals surface area (Å²) in [6.07, 6.45) is -7.35. The molecule has 0 aliphatic carbocycles. The molecule has 0 aromatic rings. The molecule has 0 nitrogen and oxygen atoms in total. The summed E-state index contributed by atoms with van der Waals surface area (Å²) < 4.78 is 0. The number of hydrogen-bond donors (Lipinski definition) is 0. The van der Waals surface area contributed by atoms with Crippen LogP contribution in [0.2, 0.25) is 0 Å². The van der Waals surface area contributed by atoms with Gasteiger partial charge >= 0.3 is 0 Å². The maximum atomic E-state index is 6.05. The first-order chi connectivity index (χ1) is 10.9. The largest absolute Gasteiger partial charge is 0 e. The Bertz CT molecular complexity index is 294. The van der Waals surface area contributed by atoms with Gasteiger partial charge in [-0.05, 0) is 0 Å². The highest BCUT2D eigenvalue weighted by Crippen LogP contribution is 2.03. The zero-order chi connectivity index (χ0) is 19.2. The van der Waals surface area contributed by atoms with Crippen LogP contribution in [0.4, 0.5) is 0 Å². The molecule has 0 bridgehead atoms. The van der Waals surface area contributed by atoms with E-state index in [9.17, 15) is 0 Å². The van der Waals surface area contributed by atoms with E-state index in [4.69, 9.17) is 92.8 Å². The molecular formula is B24. The summed E-state index contributed by atoms with van der Waals surface area (Å²) in [4.78, 5) is 0. The molecule has 0 amide bonds. The highest BCUT2D eigenvalue weighted by molar-refractivity contribution is 8.16. The van der Waals surface area contributed by atoms with Gasteiger partial charge in [0.15, 0.2) is 0 Å². The minimum atomic E-state index is -0.865. The zero-order valence-corrected chi connectivity index (χ0v) is 13.9. The Balaban J connectivity index is 5.69. The van der Waals surface area contributed by atoms with Crippen molar-refractivity contribution in [1.29, 1.82) is 0 Å². The molecule has 0 unspecified atom stereocenters. The molecule has 72 valence electrons. The average Bonchev–Trinajstić information content (AvgIpc) is 2.42. The summed E-state index contributed by atoms with van der Waals surface area (Å²) in [6.45, 7) is 0. The first-order valence-corrected chi connectivity index (χ1v) is 7.67. The molecule has 26 radical (unpaired) electrons. The predicted octanol–water partition coefficient (Wildman–Crippen LogP) is -9.14. The molecule has 0 spiro atoms. The quantitative estimate of drug-likeness (QED) is 0.323. The molecule has 0 fully saturated rings. The van der Waals surface area contributed by atoms with Crippen molar-refractivity contribution in [2.24, 2.45) is 0 Å². The summed E-state index contributed by atoms with van der Waals surface area (Å²) in [5.74, 6) is 0. The summed E-state index contributed by atoms with van der Waals surface area (Å²) >= 11 is 0. The molecule has 0 saturated heterocycles. The van der Waals surface area contributed by atoms with Crippen LogP contribution in [0, 0.1) is 0 Å². The molecule has 0 aliphatic heterocycles. The molecule has 0 atom stereocenters. The van der Waals surface area contributed by atoms with Gasteiger partial charge < -0.3 is 0 Å². The van der Waals surface area contributed by atoms with Crippen molar-refractivity contribution >= 4 is 171 Å². The van der Waals surface area contributed by atoms with Gasteiger partial charge in [0.25, 0.3) is 0 Å². The molecule has 0 rings (SSSR count). The van der Waals surface area contributed by atoms with Gasteiger partial charge in [-0.1, -0.05) is 0 Å². The Morgan fingerprint density at radius 2 is 0.792 bits per heavy atom. The van der Waals surface area contributed by atoms with Crippen molar-refractivity contribution in [2.45, 2.75) is 0 Å². The first kappa shape index (κ1) is 25.6. The van der Waals surface area contributed by atoms with E-state index in [1.165, 1.54) is 7.06 Å². The molecule has 0 aliphatic rings. The maximum Gasteiger partial charge on any atom is 0 e. The molecule has 0 aromatic heterocycles. The topological polar surface area (TPSA) is 0 Å². The average molecular weight is 259 g/mol. The smallest absolute Gasteiger partial charge is 0 e. The van der Waals surface area contributed by atoms with Gasteiger partial charge in [0.05, 0.1) is 0 Å². The number of rotatable bonds is 11. The van der Waals surface area contributed by atoms with E-state index >= 15 is 0 Å². The van der Waals surface area contributed by atoms with Gasteiger partial charge in [0, 0.05) is 171 Å². The van der Waals surface area contributed by atoms with Crippen LogP contribution in [0.15, 0.2) is 0 Å². The van der Waals surface area contributed by atoms with Crippen LogP contribution < -0.4 is 0 Å². The normalized spacial score (nSPS) is 9.17. The molecule has 0 N–H and O–H groups in total. The third kappa shape index (κ3) is 7.66. The minimum Gasteiger partial charge on any atom is 0 e. The lowest BCUT2D eigenvalue weighted by atomic mass is 8.42. The Hall–Kier alpha value is 1.56. The van der Waals surface area contributed by atoms with Crippen molar-refractivity contribution in [3.05, 3.63) is 0 Å². The summed E-state index contributed by atoms with van der Waals surface area (Å²) in [5, 5.41) is 0. The van der Waals surface area contributed by atoms with E-state index < -0.39 is 63.9 Å². The van der Waals surface area contributed by atoms with Crippen molar-refractivity contribution in [1.82, 2.24) is 0 Å². The first-order valence-electron chi connectivity index (χ1n) is 7.67. The van der Waals surface area contributed by atoms with Gasteiger partial charge in [-0.2, -0.15) is 0 Å². The maximum absolute atomic E-state index is 6.05. The summed E-state index contributed by atoms with van der Waals surface area (Å²) in [7, 11) is 72.7. The summed E-state index contributed by atoms with van der Waals surface area (Å²) in [6, 6.07) is 0. The monoisotopic (exact) mass is 264 g/mol. The minimum absolute atomic E-state index is 0.547. The SMILES string of the molecule is [B][B]B([B])B([B]B(B([B])[B])B(B([B])[B])B([B])[B])B(B([B])[B])B([B])[B]. The van der Waals surface area contributed by atoms with Crippen LogP contribution in [-0.2, 0) is 0 Å². The van der Waals surface area contributed by atoms with E-state index in [1.54, 1.807) is 7.06 Å². The second-order valence-electron chi connectivity index (χ2n) is 6.16. The van der Waals surface area contributed by atoms with Gasteiger partial charge in [-0.25, -0.2) is 0 Å². The number of hydrogen-bond acceptors (Lipinski definition) is 0. The fraction of sp³-hybridized carbons (Fsp3) is 0. The van der Waals surface area contributed by atoms with Gasteiger partial charge in [0.1, 0.15) is 0 Å². The van der Waals surface area contributed by atoms with E-state index in [0.29, 0.717) is 0 Å². The fourth-order valence-corrected chi connectivity index (χ4v) is 2.95. The molecular weight excluding hydrogens is 259 g/mol. The fourth-order valence-electron chi connectivity index (χ4n) is 2.95. The van der Waals surface area contributed by atoms with E-state index in [1.807, 2.05) is 0 Å². The molecule has 24 heavy (non-hydrogen) atoms. The van der Waals surface area contributed by atoms with E-state index in [2.05, 4.69) is 0 Å². The van der Waals surface area contributed by atoms with E-state index in [-0.39, 0.29) is 0 Å². The van der Waals surface area contributed by atoms with Crippen LogP contribution >= 0.6 is 0 Å². The third-order valence-electron chi connectivity index (χ3n) is 4.22. The van der Waals surface area contributed by atoms with Crippen LogP contribution in [0.3, 0.4) is 0 Å². The van der Waals surface area contributed by atoms with Gasteiger partial charge in [0.2, 0.25) is 0 Å². The standard InChI is InChI=1S/B24/c1-13-20(12)22(24(18(8)9)19(10)11)14-21(15(2)3)23(16(4)5)17(6)7. The predicted molar refractivity (Wildman–Crippen MR) is 138 cm³/mol. The Kier molecular flexibility index (Phi) is 12.9. The van der Waals surface area contributed by atoms with Crippen LogP contribution in [0.25, 0.3) is 0 Å². The van der Waals surface area contributed by atoms with Gasteiger partial charge in [-0.3, -0.25) is 0 Å². The van der Waals surface area contributed by atoms with Gasteiger partial charge in [-0.15, -0.1) is 0 Å². The lowest BCUT2D eigenvalue weighted by molar-refractivity contribution is 3.36. The molecule has 0 saturated carbocycles. The molecule has 0 aromatic carbocycles. The molecule has 0 heterocycles. The third-order valence-corrected chi connectivity index (χ3v) is 4.22. The van der Waals surface area contributed by atoms with Crippen molar-refractivity contribution in [3.8, 4) is 0 Å². The second-order valence-corrected chi connectivity index (χ2v) is 6.16. The van der Waals surface area contributed by atoms with Crippen LogP contribution in [-0.4, -0.2) is 171 Å². The Labute approximate surface area is 170 Å².